The Morgan fingerprint density at radius 3 is 2.61 bits per heavy atom. The number of β-lactam (4-membered cyclic amide) rings is 1. The van der Waals surface area contributed by atoms with E-state index in [-0.39, 0.29) is 56.3 Å². The molecule has 1 aliphatic rings. The molecular weight excluding hydrogens is 489 g/mol. The van der Waals surface area contributed by atoms with E-state index >= 15 is 0 Å². The quantitative estimate of drug-likeness (QED) is 0.0712. The Hall–Kier alpha value is -1.33. The summed E-state index contributed by atoms with van der Waals surface area (Å²) in [5.74, 6) is -2.97. The van der Waals surface area contributed by atoms with Gasteiger partial charge in [0.05, 0.1) is 6.54 Å². The number of hydrogen-bond donors (Lipinski definition) is 3. The van der Waals surface area contributed by atoms with Crippen LogP contribution in [0.25, 0.3) is 0 Å². The van der Waals surface area contributed by atoms with Gasteiger partial charge in [-0.15, -0.1) is 22.9 Å². The van der Waals surface area contributed by atoms with E-state index in [0.717, 1.165) is 18.4 Å². The third kappa shape index (κ3) is 6.58. The van der Waals surface area contributed by atoms with Crippen molar-refractivity contribution in [1.82, 2.24) is 14.6 Å². The van der Waals surface area contributed by atoms with Crippen LogP contribution >= 0.6 is 22.9 Å². The molecule has 1 fully saturated rings. The van der Waals surface area contributed by atoms with Gasteiger partial charge in [-0.05, 0) is 13.8 Å². The molecule has 3 N–H and O–H groups in total. The van der Waals surface area contributed by atoms with Gasteiger partial charge < -0.3 is 20.2 Å². The molecule has 31 heavy (non-hydrogen) atoms. The standard InChI is InChI=1S/C14H18ClN5O8S2.Na.H/c1-7(2)28-19-10(8-5-29-13(16-8)17-9(21)4-15)11(22)18-14(27-3)6-20(12(14)23)30(24,25)26;;/h5,7H,4,6H2,1-3H3,(H,18,22)(H,16,17,21)(H,24,25,26);;. The fourth-order valence-electron chi connectivity index (χ4n) is 2.13. The number of halogens is 1. The Labute approximate surface area is 208 Å². The van der Waals surface area contributed by atoms with Crippen LogP contribution in [0.1, 0.15) is 19.5 Å². The first-order chi connectivity index (χ1) is 13.9. The van der Waals surface area contributed by atoms with Crippen molar-refractivity contribution in [2.45, 2.75) is 25.7 Å². The molecule has 17 heteroatoms. The van der Waals surface area contributed by atoms with Crippen molar-refractivity contribution in [2.24, 2.45) is 5.16 Å². The Balaban J connectivity index is 0.00000480. The van der Waals surface area contributed by atoms with Gasteiger partial charge in [-0.2, -0.15) is 8.42 Å². The van der Waals surface area contributed by atoms with Crippen LogP contribution in [0.4, 0.5) is 5.13 Å². The zero-order chi connectivity index (χ0) is 22.7. The zero-order valence-electron chi connectivity index (χ0n) is 15.9. The second-order valence-electron chi connectivity index (χ2n) is 6.09. The van der Waals surface area contributed by atoms with E-state index in [9.17, 15) is 22.8 Å². The van der Waals surface area contributed by atoms with Crippen molar-refractivity contribution >= 4 is 91.4 Å². The van der Waals surface area contributed by atoms with Crippen molar-refractivity contribution in [3.05, 3.63) is 11.1 Å². The molecule has 13 nitrogen and oxygen atoms in total. The van der Waals surface area contributed by atoms with Gasteiger partial charge in [0.15, 0.2) is 10.8 Å². The number of nitrogens with one attached hydrogen (secondary N) is 2. The van der Waals surface area contributed by atoms with E-state index in [4.69, 9.17) is 25.7 Å². The van der Waals surface area contributed by atoms with Crippen LogP contribution in [0.15, 0.2) is 10.5 Å². The molecule has 0 radical (unpaired) electrons. The summed E-state index contributed by atoms with van der Waals surface area (Å²) in [6.45, 7) is 2.66. The summed E-state index contributed by atoms with van der Waals surface area (Å²) in [6.07, 6.45) is -0.404. The molecule has 0 aliphatic carbocycles. The number of alkyl halides is 1. The minimum absolute atomic E-state index is 0. The van der Waals surface area contributed by atoms with Crippen LogP contribution in [0.5, 0.6) is 0 Å². The summed E-state index contributed by atoms with van der Waals surface area (Å²) in [4.78, 5) is 45.5. The van der Waals surface area contributed by atoms with E-state index in [0.29, 0.717) is 0 Å². The molecule has 0 saturated carbocycles. The van der Waals surface area contributed by atoms with Crippen molar-refractivity contribution < 1.29 is 36.9 Å². The van der Waals surface area contributed by atoms with Crippen LogP contribution in [0, 0.1) is 0 Å². The molecule has 2 rings (SSSR count). The van der Waals surface area contributed by atoms with Crippen LogP contribution in [0.2, 0.25) is 0 Å². The summed E-state index contributed by atoms with van der Waals surface area (Å²) in [5, 5.41) is 9.92. The van der Waals surface area contributed by atoms with Gasteiger partial charge in [-0.3, -0.25) is 18.9 Å². The molecule has 0 bridgehead atoms. The molecule has 1 aliphatic heterocycles. The zero-order valence-corrected chi connectivity index (χ0v) is 18.3. The van der Waals surface area contributed by atoms with E-state index in [2.05, 4.69) is 20.8 Å². The molecule has 0 spiro atoms. The number of carbonyl (C=O) groups excluding carboxylic acids is 3. The first-order valence-corrected chi connectivity index (χ1v) is 11.0. The first kappa shape index (κ1) is 27.7. The van der Waals surface area contributed by atoms with Crippen LogP contribution in [0.3, 0.4) is 0 Å². The van der Waals surface area contributed by atoms with Gasteiger partial charge in [0.25, 0.3) is 11.8 Å². The summed E-state index contributed by atoms with van der Waals surface area (Å²) in [5.41, 5.74) is -2.38. The average Bonchev–Trinajstić information content (AvgIpc) is 3.11. The number of thiazole rings is 1. The van der Waals surface area contributed by atoms with E-state index < -0.39 is 46.4 Å². The number of hydrogen-bond acceptors (Lipinski definition) is 10. The monoisotopic (exact) mass is 507 g/mol. The number of ether oxygens (including phenoxy) is 1. The molecule has 1 aromatic heterocycles. The van der Waals surface area contributed by atoms with Crippen molar-refractivity contribution in [2.75, 3.05) is 24.9 Å². The van der Waals surface area contributed by atoms with Gasteiger partial charge in [0.1, 0.15) is 17.7 Å². The second-order valence-corrected chi connectivity index (χ2v) is 8.55. The van der Waals surface area contributed by atoms with Gasteiger partial charge in [-0.1, -0.05) is 5.16 Å². The van der Waals surface area contributed by atoms with E-state index in [1.54, 1.807) is 13.8 Å². The van der Waals surface area contributed by atoms with Crippen molar-refractivity contribution in [3.63, 3.8) is 0 Å². The van der Waals surface area contributed by atoms with E-state index in [1.807, 2.05) is 0 Å². The Morgan fingerprint density at radius 2 is 2.13 bits per heavy atom. The van der Waals surface area contributed by atoms with Crippen LogP contribution < -0.4 is 10.6 Å². The van der Waals surface area contributed by atoms with Gasteiger partial charge in [0.2, 0.25) is 11.6 Å². The maximum atomic E-state index is 12.8. The summed E-state index contributed by atoms with van der Waals surface area (Å²) in [7, 11) is -3.73. The number of amides is 3. The summed E-state index contributed by atoms with van der Waals surface area (Å²) in [6, 6.07) is 0. The number of anilines is 1. The van der Waals surface area contributed by atoms with Crippen molar-refractivity contribution in [1.29, 1.82) is 0 Å². The van der Waals surface area contributed by atoms with Crippen LogP contribution in [-0.4, -0.2) is 107 Å². The minimum atomic E-state index is -4.80. The van der Waals surface area contributed by atoms with Crippen molar-refractivity contribution in [3.8, 4) is 0 Å². The third-order valence-electron chi connectivity index (χ3n) is 3.57. The molecule has 1 atom stereocenters. The number of rotatable bonds is 9. The number of methoxy groups -OCH3 is 1. The van der Waals surface area contributed by atoms with Gasteiger partial charge in [-0.25, -0.2) is 9.29 Å². The molecule has 0 aromatic carbocycles. The normalized spacial score (nSPS) is 18.8. The third-order valence-corrected chi connectivity index (χ3v) is 5.42. The predicted octanol–water partition coefficient (Wildman–Crippen LogP) is -1.10. The van der Waals surface area contributed by atoms with Crippen LogP contribution in [-0.2, 0) is 34.3 Å². The molecule has 3 amide bonds. The van der Waals surface area contributed by atoms with Gasteiger partial charge >= 0.3 is 39.9 Å². The predicted molar refractivity (Wildman–Crippen MR) is 113 cm³/mol. The Kier molecular flexibility index (Phi) is 9.83. The second kappa shape index (κ2) is 11.0. The first-order valence-electron chi connectivity index (χ1n) is 8.16. The molecule has 1 aromatic rings. The molecule has 2 heterocycles. The molecule has 1 unspecified atom stereocenters. The fraction of sp³-hybridized carbons (Fsp3) is 0.500. The number of nitrogens with zero attached hydrogens (tertiary/aromatic N) is 3. The Morgan fingerprint density at radius 1 is 1.48 bits per heavy atom. The molecule has 168 valence electrons. The Bertz CT molecular complexity index is 985. The summed E-state index contributed by atoms with van der Waals surface area (Å²) >= 11 is 6.41. The molecule has 1 saturated heterocycles. The molecular formula is C14H19ClN5NaO8S2. The number of aromatic nitrogens is 1. The number of carbonyl (C=O) groups is 3. The fourth-order valence-corrected chi connectivity index (χ4v) is 3.61. The topological polar surface area (TPSA) is 177 Å². The average molecular weight is 508 g/mol. The maximum absolute atomic E-state index is 12.8. The van der Waals surface area contributed by atoms with E-state index in [1.165, 1.54) is 5.38 Å². The SMILES string of the molecule is COC1(NC(=O)C(=NOC(C)C)c2csc(NC(=O)CCl)n2)CN(S(=O)(=O)O)C1=O.[NaH]. The van der Waals surface area contributed by atoms with Gasteiger partial charge in [0, 0.05) is 12.5 Å². The number of oxime groups is 1. The summed E-state index contributed by atoms with van der Waals surface area (Å²) < 4.78 is 36.4.